The normalized spacial score (nSPS) is 22.8. The van der Waals surface area contributed by atoms with Crippen molar-refractivity contribution in [2.24, 2.45) is 18.9 Å². The van der Waals surface area contributed by atoms with Crippen LogP contribution in [0.1, 0.15) is 47.4 Å². The maximum absolute atomic E-state index is 12.3. The molecule has 0 aliphatic heterocycles. The van der Waals surface area contributed by atoms with E-state index < -0.39 is 0 Å². The Balaban J connectivity index is 1.98. The van der Waals surface area contributed by atoms with E-state index in [1.54, 1.807) is 4.68 Å². The van der Waals surface area contributed by atoms with Crippen molar-refractivity contribution in [2.45, 2.75) is 39.5 Å². The molecule has 0 aromatic carbocycles. The standard InChI is InChI=1S/C15H24ClN3O/c1-10-14(11(2)19(3)18-10)15(20)17-9-13-7-5-4-6-12(13)8-16/h12-13H,4-9H2,1-3H3,(H,17,20). The smallest absolute Gasteiger partial charge is 0.255 e. The molecule has 0 saturated heterocycles. The first-order valence-electron chi connectivity index (χ1n) is 7.39. The van der Waals surface area contributed by atoms with E-state index in [2.05, 4.69) is 10.4 Å². The van der Waals surface area contributed by atoms with Crippen LogP contribution in [-0.2, 0) is 7.05 Å². The molecule has 1 aliphatic carbocycles. The zero-order valence-corrected chi connectivity index (χ0v) is 13.3. The van der Waals surface area contributed by atoms with Crippen molar-refractivity contribution in [3.63, 3.8) is 0 Å². The lowest BCUT2D eigenvalue weighted by Crippen LogP contribution is -2.35. The first kappa shape index (κ1) is 15.4. The third-order valence-electron chi connectivity index (χ3n) is 4.53. The first-order chi connectivity index (χ1) is 9.54. The van der Waals surface area contributed by atoms with Crippen molar-refractivity contribution in [2.75, 3.05) is 12.4 Å². The Morgan fingerprint density at radius 2 is 2.00 bits per heavy atom. The second-order valence-electron chi connectivity index (χ2n) is 5.84. The number of halogens is 1. The Labute approximate surface area is 125 Å². The minimum absolute atomic E-state index is 0.00741. The molecule has 5 heteroatoms. The SMILES string of the molecule is Cc1nn(C)c(C)c1C(=O)NCC1CCCCC1CCl. The van der Waals surface area contributed by atoms with E-state index in [9.17, 15) is 4.79 Å². The highest BCUT2D eigenvalue weighted by molar-refractivity contribution is 6.18. The number of rotatable bonds is 4. The third-order valence-corrected chi connectivity index (χ3v) is 4.92. The van der Waals surface area contributed by atoms with Crippen LogP contribution in [0.2, 0.25) is 0 Å². The van der Waals surface area contributed by atoms with Gasteiger partial charge in [-0.2, -0.15) is 5.10 Å². The molecule has 1 fully saturated rings. The van der Waals surface area contributed by atoms with Crippen LogP contribution in [0.3, 0.4) is 0 Å². The van der Waals surface area contributed by atoms with Crippen LogP contribution in [0.25, 0.3) is 0 Å². The molecular formula is C15H24ClN3O. The van der Waals surface area contributed by atoms with Gasteiger partial charge in [0, 0.05) is 25.2 Å². The highest BCUT2D eigenvalue weighted by atomic mass is 35.5. The highest BCUT2D eigenvalue weighted by Crippen LogP contribution is 2.30. The molecule has 0 bridgehead atoms. The molecule has 112 valence electrons. The van der Waals surface area contributed by atoms with Crippen molar-refractivity contribution >= 4 is 17.5 Å². The van der Waals surface area contributed by atoms with Crippen molar-refractivity contribution < 1.29 is 4.79 Å². The maximum atomic E-state index is 12.3. The average molecular weight is 298 g/mol. The van der Waals surface area contributed by atoms with Crippen molar-refractivity contribution in [3.8, 4) is 0 Å². The molecule has 0 radical (unpaired) electrons. The molecule has 2 rings (SSSR count). The lowest BCUT2D eigenvalue weighted by atomic mass is 9.80. The number of hydrogen-bond donors (Lipinski definition) is 1. The van der Waals surface area contributed by atoms with Crippen LogP contribution in [0.4, 0.5) is 0 Å². The van der Waals surface area contributed by atoms with Crippen LogP contribution in [-0.4, -0.2) is 28.1 Å². The van der Waals surface area contributed by atoms with E-state index in [0.717, 1.165) is 17.9 Å². The van der Waals surface area contributed by atoms with E-state index in [-0.39, 0.29) is 5.91 Å². The lowest BCUT2D eigenvalue weighted by molar-refractivity contribution is 0.0935. The zero-order chi connectivity index (χ0) is 14.7. The van der Waals surface area contributed by atoms with Crippen LogP contribution in [0.15, 0.2) is 0 Å². The molecule has 1 aliphatic rings. The molecule has 1 aromatic heterocycles. The number of nitrogens with one attached hydrogen (secondary N) is 1. The van der Waals surface area contributed by atoms with E-state index in [4.69, 9.17) is 11.6 Å². The van der Waals surface area contributed by atoms with Crippen LogP contribution < -0.4 is 5.32 Å². The second-order valence-corrected chi connectivity index (χ2v) is 6.15. The summed E-state index contributed by atoms with van der Waals surface area (Å²) in [6.07, 6.45) is 4.87. The Bertz CT molecular complexity index is 484. The molecule has 1 N–H and O–H groups in total. The van der Waals surface area contributed by atoms with Gasteiger partial charge in [0.25, 0.3) is 5.91 Å². The number of aryl methyl sites for hydroxylation is 2. The van der Waals surface area contributed by atoms with Gasteiger partial charge in [0.2, 0.25) is 0 Å². The summed E-state index contributed by atoms with van der Waals surface area (Å²) in [4.78, 5) is 12.3. The summed E-state index contributed by atoms with van der Waals surface area (Å²) in [6.45, 7) is 4.53. The molecule has 1 saturated carbocycles. The topological polar surface area (TPSA) is 46.9 Å². The fraction of sp³-hybridized carbons (Fsp3) is 0.733. The van der Waals surface area contributed by atoms with Crippen LogP contribution in [0, 0.1) is 25.7 Å². The van der Waals surface area contributed by atoms with Gasteiger partial charge >= 0.3 is 0 Å². The van der Waals surface area contributed by atoms with E-state index in [1.807, 2.05) is 20.9 Å². The average Bonchev–Trinajstić information content (AvgIpc) is 2.70. The lowest BCUT2D eigenvalue weighted by Gasteiger charge is -2.30. The van der Waals surface area contributed by atoms with Gasteiger partial charge in [-0.1, -0.05) is 12.8 Å². The predicted molar refractivity (Wildman–Crippen MR) is 81.2 cm³/mol. The fourth-order valence-corrected chi connectivity index (χ4v) is 3.58. The molecule has 0 spiro atoms. The molecule has 1 aromatic rings. The third kappa shape index (κ3) is 3.17. The van der Waals surface area contributed by atoms with Gasteiger partial charge in [-0.3, -0.25) is 9.48 Å². The van der Waals surface area contributed by atoms with E-state index in [0.29, 0.717) is 23.3 Å². The van der Waals surface area contributed by atoms with Crippen molar-refractivity contribution in [1.82, 2.24) is 15.1 Å². The van der Waals surface area contributed by atoms with Gasteiger partial charge < -0.3 is 5.32 Å². The second kappa shape index (κ2) is 6.61. The largest absolute Gasteiger partial charge is 0.352 e. The van der Waals surface area contributed by atoms with Crippen molar-refractivity contribution in [1.29, 1.82) is 0 Å². The van der Waals surface area contributed by atoms with E-state index >= 15 is 0 Å². The number of hydrogen-bond acceptors (Lipinski definition) is 2. The Kier molecular flexibility index (Phi) is 5.08. The summed E-state index contributed by atoms with van der Waals surface area (Å²) in [5.74, 6) is 1.75. The number of carbonyl (C=O) groups is 1. The highest BCUT2D eigenvalue weighted by Gasteiger charge is 2.25. The molecule has 1 heterocycles. The van der Waals surface area contributed by atoms with Gasteiger partial charge in [0.1, 0.15) is 0 Å². The molecule has 2 atom stereocenters. The van der Waals surface area contributed by atoms with E-state index in [1.165, 1.54) is 25.7 Å². The molecule has 20 heavy (non-hydrogen) atoms. The Hall–Kier alpha value is -1.03. The minimum Gasteiger partial charge on any atom is -0.352 e. The van der Waals surface area contributed by atoms with Gasteiger partial charge in [-0.25, -0.2) is 0 Å². The van der Waals surface area contributed by atoms with Gasteiger partial charge in [-0.15, -0.1) is 11.6 Å². The Morgan fingerprint density at radius 1 is 1.35 bits per heavy atom. The number of nitrogens with zero attached hydrogens (tertiary/aromatic N) is 2. The van der Waals surface area contributed by atoms with Crippen LogP contribution >= 0.6 is 11.6 Å². The number of amides is 1. The molecule has 2 unspecified atom stereocenters. The van der Waals surface area contributed by atoms with Gasteiger partial charge in [0.15, 0.2) is 0 Å². The van der Waals surface area contributed by atoms with Crippen LogP contribution in [0.5, 0.6) is 0 Å². The first-order valence-corrected chi connectivity index (χ1v) is 7.92. The fourth-order valence-electron chi connectivity index (χ4n) is 3.17. The van der Waals surface area contributed by atoms with Gasteiger partial charge in [-0.05, 0) is 38.5 Å². The zero-order valence-electron chi connectivity index (χ0n) is 12.6. The quantitative estimate of drug-likeness (QED) is 0.869. The summed E-state index contributed by atoms with van der Waals surface area (Å²) in [5, 5.41) is 7.37. The maximum Gasteiger partial charge on any atom is 0.255 e. The summed E-state index contributed by atoms with van der Waals surface area (Å²) in [6, 6.07) is 0. The summed E-state index contributed by atoms with van der Waals surface area (Å²) >= 11 is 6.04. The molecule has 4 nitrogen and oxygen atoms in total. The summed E-state index contributed by atoms with van der Waals surface area (Å²) in [5.41, 5.74) is 2.42. The summed E-state index contributed by atoms with van der Waals surface area (Å²) < 4.78 is 1.76. The molecule has 1 amide bonds. The van der Waals surface area contributed by atoms with Crippen molar-refractivity contribution in [3.05, 3.63) is 17.0 Å². The predicted octanol–water partition coefficient (Wildman–Crippen LogP) is 2.81. The number of carbonyl (C=O) groups excluding carboxylic acids is 1. The minimum atomic E-state index is -0.00741. The summed E-state index contributed by atoms with van der Waals surface area (Å²) in [7, 11) is 1.86. The monoisotopic (exact) mass is 297 g/mol. The number of alkyl halides is 1. The van der Waals surface area contributed by atoms with Gasteiger partial charge in [0.05, 0.1) is 11.3 Å². The molecular weight excluding hydrogens is 274 g/mol. The number of aromatic nitrogens is 2. The Morgan fingerprint density at radius 3 is 2.55 bits per heavy atom.